The van der Waals surface area contributed by atoms with Crippen LogP contribution in [0.1, 0.15) is 15.9 Å². The Morgan fingerprint density at radius 1 is 1.08 bits per heavy atom. The Morgan fingerprint density at radius 3 is 2.68 bits per heavy atom. The van der Waals surface area contributed by atoms with Crippen molar-refractivity contribution in [2.24, 2.45) is 0 Å². The average molecular weight is 411 g/mol. The Kier molecular flexibility index (Phi) is 4.59. The number of carbonyl (C=O) groups is 1. The van der Waals surface area contributed by atoms with Gasteiger partial charge in [-0.2, -0.15) is 0 Å². The van der Waals surface area contributed by atoms with Gasteiger partial charge < -0.3 is 4.90 Å². The van der Waals surface area contributed by atoms with Crippen molar-refractivity contribution < 1.29 is 4.79 Å². The van der Waals surface area contributed by atoms with Gasteiger partial charge in [0.1, 0.15) is 5.03 Å². The number of aromatic nitrogens is 1. The molecule has 0 fully saturated rings. The van der Waals surface area contributed by atoms with Crippen LogP contribution in [0.3, 0.4) is 0 Å². The van der Waals surface area contributed by atoms with Gasteiger partial charge in [-0.3, -0.25) is 4.79 Å². The minimum absolute atomic E-state index is 0.0514. The summed E-state index contributed by atoms with van der Waals surface area (Å²) in [6, 6.07) is 19.7. The van der Waals surface area contributed by atoms with Crippen LogP contribution in [0.5, 0.6) is 0 Å². The number of halogens is 1. The summed E-state index contributed by atoms with van der Waals surface area (Å²) < 4.78 is 1.05. The third kappa shape index (κ3) is 3.48. The molecule has 0 N–H and O–H groups in total. The molecule has 0 saturated heterocycles. The van der Waals surface area contributed by atoms with Crippen LogP contribution in [0, 0.1) is 0 Å². The predicted molar refractivity (Wildman–Crippen MR) is 104 cm³/mol. The van der Waals surface area contributed by atoms with Crippen molar-refractivity contribution in [1.29, 1.82) is 0 Å². The van der Waals surface area contributed by atoms with Crippen LogP contribution >= 0.6 is 27.7 Å². The van der Waals surface area contributed by atoms with Gasteiger partial charge in [0, 0.05) is 33.4 Å². The topological polar surface area (TPSA) is 33.2 Å². The van der Waals surface area contributed by atoms with E-state index in [1.165, 1.54) is 5.56 Å². The van der Waals surface area contributed by atoms with Gasteiger partial charge in [-0.25, -0.2) is 4.98 Å². The van der Waals surface area contributed by atoms with Crippen LogP contribution in [0.2, 0.25) is 0 Å². The van der Waals surface area contributed by atoms with Crippen LogP contribution in [0.25, 0.3) is 0 Å². The molecule has 0 spiro atoms. The number of benzene rings is 2. The van der Waals surface area contributed by atoms with E-state index in [9.17, 15) is 4.79 Å². The van der Waals surface area contributed by atoms with E-state index in [0.29, 0.717) is 5.56 Å². The van der Waals surface area contributed by atoms with E-state index in [-0.39, 0.29) is 5.91 Å². The molecule has 1 aliphatic rings. The van der Waals surface area contributed by atoms with E-state index in [1.54, 1.807) is 18.0 Å². The number of fused-ring (bicyclic) bond motifs is 1. The lowest BCUT2D eigenvalue weighted by Crippen LogP contribution is -2.28. The van der Waals surface area contributed by atoms with Gasteiger partial charge in [0.05, 0.1) is 0 Å². The predicted octanol–water partition coefficient (Wildman–Crippen LogP) is 5.20. The second-order valence-corrected chi connectivity index (χ2v) is 7.78. The highest BCUT2D eigenvalue weighted by Crippen LogP contribution is 2.32. The molecule has 4 rings (SSSR count). The Balaban J connectivity index is 1.52. The van der Waals surface area contributed by atoms with Crippen LogP contribution < -0.4 is 4.90 Å². The Labute approximate surface area is 159 Å². The molecular formula is C20H15BrN2OS. The molecule has 0 aliphatic carbocycles. The van der Waals surface area contributed by atoms with E-state index in [4.69, 9.17) is 0 Å². The molecule has 1 aromatic heterocycles. The highest BCUT2D eigenvalue weighted by atomic mass is 79.9. The molecule has 0 bridgehead atoms. The van der Waals surface area contributed by atoms with Crippen molar-refractivity contribution in [2.45, 2.75) is 16.3 Å². The molecule has 0 radical (unpaired) electrons. The minimum Gasteiger partial charge on any atom is -0.308 e. The van der Waals surface area contributed by atoms with Crippen molar-refractivity contribution in [3.8, 4) is 0 Å². The number of rotatable bonds is 3. The summed E-state index contributed by atoms with van der Waals surface area (Å²) in [5, 5.41) is 0.945. The smallest absolute Gasteiger partial charge is 0.258 e. The average Bonchev–Trinajstić information content (AvgIpc) is 3.05. The fraction of sp³-hybridized carbons (Fsp3) is 0.100. The van der Waals surface area contributed by atoms with Crippen LogP contribution in [0.15, 0.2) is 81.3 Å². The van der Waals surface area contributed by atoms with Crippen LogP contribution in [0.4, 0.5) is 5.69 Å². The molecule has 1 aliphatic heterocycles. The zero-order valence-corrected chi connectivity index (χ0v) is 15.8. The van der Waals surface area contributed by atoms with Crippen molar-refractivity contribution in [2.75, 3.05) is 11.4 Å². The summed E-state index contributed by atoms with van der Waals surface area (Å²) in [6.45, 7) is 0.731. The number of hydrogen-bond donors (Lipinski definition) is 0. The summed E-state index contributed by atoms with van der Waals surface area (Å²) in [5.74, 6) is 0.0514. The molecule has 0 saturated carbocycles. The monoisotopic (exact) mass is 410 g/mol. The number of carbonyl (C=O) groups excluding carboxylic acids is 1. The maximum Gasteiger partial charge on any atom is 0.258 e. The van der Waals surface area contributed by atoms with Gasteiger partial charge in [0.2, 0.25) is 0 Å². The molecule has 1 amide bonds. The first-order valence-corrected chi connectivity index (χ1v) is 9.61. The van der Waals surface area contributed by atoms with E-state index in [0.717, 1.165) is 33.0 Å². The molecule has 0 unspecified atom stereocenters. The minimum atomic E-state index is 0.0514. The van der Waals surface area contributed by atoms with Crippen molar-refractivity contribution in [3.05, 3.63) is 82.5 Å². The molecule has 3 aromatic rings. The Morgan fingerprint density at radius 2 is 1.92 bits per heavy atom. The van der Waals surface area contributed by atoms with Crippen molar-refractivity contribution in [3.63, 3.8) is 0 Å². The van der Waals surface area contributed by atoms with E-state index < -0.39 is 0 Å². The first kappa shape index (κ1) is 16.4. The molecular weight excluding hydrogens is 396 g/mol. The number of nitrogens with zero attached hydrogens (tertiary/aromatic N) is 2. The maximum atomic E-state index is 12.9. The van der Waals surface area contributed by atoms with Crippen molar-refractivity contribution in [1.82, 2.24) is 4.98 Å². The number of amides is 1. The lowest BCUT2D eigenvalue weighted by molar-refractivity contribution is 0.0989. The summed E-state index contributed by atoms with van der Waals surface area (Å²) in [6.07, 6.45) is 2.68. The third-order valence-corrected chi connectivity index (χ3v) is 5.60. The fourth-order valence-electron chi connectivity index (χ4n) is 2.93. The maximum absolute atomic E-state index is 12.9. The molecule has 2 aromatic carbocycles. The zero-order valence-electron chi connectivity index (χ0n) is 13.4. The molecule has 0 atom stereocenters. The summed E-state index contributed by atoms with van der Waals surface area (Å²) in [5.41, 5.74) is 2.94. The van der Waals surface area contributed by atoms with Gasteiger partial charge in [-0.15, -0.1) is 0 Å². The molecule has 25 heavy (non-hydrogen) atoms. The second-order valence-electron chi connectivity index (χ2n) is 5.77. The van der Waals surface area contributed by atoms with E-state index >= 15 is 0 Å². The van der Waals surface area contributed by atoms with E-state index in [1.807, 2.05) is 59.5 Å². The highest BCUT2D eigenvalue weighted by Gasteiger charge is 2.25. The van der Waals surface area contributed by atoms with Gasteiger partial charge in [0.15, 0.2) is 0 Å². The molecule has 3 nitrogen and oxygen atoms in total. The number of anilines is 1. The normalized spacial score (nSPS) is 12.9. The largest absolute Gasteiger partial charge is 0.308 e. The standard InChI is InChI=1S/C20H15BrN2OS/c21-16-6-9-18-15(13-16)10-12-23(18)20(24)14-4-7-17(8-5-14)25-19-3-1-2-11-22-19/h1-9,11,13H,10,12H2. The number of hydrogen-bond acceptors (Lipinski definition) is 3. The Hall–Kier alpha value is -2.11. The first-order chi connectivity index (χ1) is 12.2. The molecule has 2 heterocycles. The van der Waals surface area contributed by atoms with E-state index in [2.05, 4.69) is 27.0 Å². The van der Waals surface area contributed by atoms with Gasteiger partial charge >= 0.3 is 0 Å². The van der Waals surface area contributed by atoms with Gasteiger partial charge in [-0.05, 0) is 66.6 Å². The Bertz CT molecular complexity index is 913. The number of pyridine rings is 1. The second kappa shape index (κ2) is 7.02. The highest BCUT2D eigenvalue weighted by molar-refractivity contribution is 9.10. The van der Waals surface area contributed by atoms with Gasteiger partial charge in [-0.1, -0.05) is 33.8 Å². The summed E-state index contributed by atoms with van der Waals surface area (Å²) >= 11 is 5.08. The van der Waals surface area contributed by atoms with Crippen molar-refractivity contribution >= 4 is 39.3 Å². The first-order valence-electron chi connectivity index (χ1n) is 8.00. The van der Waals surface area contributed by atoms with Crippen LogP contribution in [-0.4, -0.2) is 17.4 Å². The quantitative estimate of drug-likeness (QED) is 0.594. The molecule has 124 valence electrons. The van der Waals surface area contributed by atoms with Crippen LogP contribution in [-0.2, 0) is 6.42 Å². The third-order valence-electron chi connectivity index (χ3n) is 4.14. The SMILES string of the molecule is O=C(c1ccc(Sc2ccccn2)cc1)N1CCc2cc(Br)ccc21. The molecule has 5 heteroatoms. The lowest BCUT2D eigenvalue weighted by Gasteiger charge is -2.17. The van der Waals surface area contributed by atoms with Gasteiger partial charge in [0.25, 0.3) is 5.91 Å². The summed E-state index contributed by atoms with van der Waals surface area (Å²) in [4.78, 5) is 20.1. The fourth-order valence-corrected chi connectivity index (χ4v) is 4.11. The lowest BCUT2D eigenvalue weighted by atomic mass is 10.1. The zero-order chi connectivity index (χ0) is 17.2. The summed E-state index contributed by atoms with van der Waals surface area (Å²) in [7, 11) is 0.